The summed E-state index contributed by atoms with van der Waals surface area (Å²) in [7, 11) is 1.41. The number of nitrogens with one attached hydrogen (secondary N) is 2. The number of carbonyl (C=O) groups is 2. The number of rotatable bonds is 5. The molecule has 0 aliphatic carbocycles. The minimum Gasteiger partial charge on any atom is -0.480 e. The van der Waals surface area contributed by atoms with Crippen LogP contribution in [0, 0.1) is 0 Å². The molecule has 7 nitrogen and oxygen atoms in total. The molecule has 0 aromatic heterocycles. The summed E-state index contributed by atoms with van der Waals surface area (Å²) in [6.07, 6.45) is 4.46. The Hall–Kier alpha value is -1.34. The van der Waals surface area contributed by atoms with E-state index in [1.807, 2.05) is 0 Å². The maximum absolute atomic E-state index is 11.9. The van der Waals surface area contributed by atoms with E-state index in [0.29, 0.717) is 6.04 Å². The lowest BCUT2D eigenvalue weighted by molar-refractivity contribution is -0.140. The van der Waals surface area contributed by atoms with Gasteiger partial charge in [-0.1, -0.05) is 6.42 Å². The van der Waals surface area contributed by atoms with E-state index in [2.05, 4.69) is 15.5 Å². The maximum atomic E-state index is 11.9. The lowest BCUT2D eigenvalue weighted by Crippen LogP contribution is -2.53. The van der Waals surface area contributed by atoms with Crippen molar-refractivity contribution in [2.45, 2.75) is 43.8 Å². The molecule has 20 heavy (non-hydrogen) atoms. The Morgan fingerprint density at radius 1 is 1.35 bits per heavy atom. The number of urea groups is 1. The third-order valence-corrected chi connectivity index (χ3v) is 4.11. The van der Waals surface area contributed by atoms with Crippen molar-refractivity contribution in [2.24, 2.45) is 0 Å². The average Bonchev–Trinajstić information content (AvgIpc) is 2.81. The number of carbonyl (C=O) groups excluding carboxylic acids is 1. The van der Waals surface area contributed by atoms with Gasteiger partial charge < -0.3 is 20.5 Å². The molecule has 3 unspecified atom stereocenters. The molecule has 3 N–H and O–H groups in total. The molecule has 2 saturated heterocycles. The van der Waals surface area contributed by atoms with Gasteiger partial charge in [0, 0.05) is 25.7 Å². The fourth-order valence-corrected chi connectivity index (χ4v) is 3.13. The van der Waals surface area contributed by atoms with E-state index in [1.54, 1.807) is 0 Å². The lowest BCUT2D eigenvalue weighted by Gasteiger charge is -2.32. The Bertz CT molecular complexity index is 364. The van der Waals surface area contributed by atoms with Crippen molar-refractivity contribution in [3.8, 4) is 0 Å². The Morgan fingerprint density at radius 2 is 2.15 bits per heavy atom. The number of amides is 2. The van der Waals surface area contributed by atoms with E-state index in [9.17, 15) is 9.59 Å². The van der Waals surface area contributed by atoms with Crippen LogP contribution in [0.4, 0.5) is 4.79 Å². The quantitative estimate of drug-likeness (QED) is 0.662. The first-order chi connectivity index (χ1) is 9.61. The van der Waals surface area contributed by atoms with E-state index < -0.39 is 18.0 Å². The normalized spacial score (nSPS) is 27.6. The Balaban J connectivity index is 1.83. The molecule has 114 valence electrons. The Kier molecular flexibility index (Phi) is 5.19. The van der Waals surface area contributed by atoms with Gasteiger partial charge >= 0.3 is 12.0 Å². The van der Waals surface area contributed by atoms with Crippen LogP contribution in [0.2, 0.25) is 0 Å². The number of fused-ring (bicyclic) bond motifs is 1. The summed E-state index contributed by atoms with van der Waals surface area (Å²) in [5.41, 5.74) is 0. The molecule has 7 heteroatoms. The van der Waals surface area contributed by atoms with Crippen LogP contribution in [0.1, 0.15) is 25.7 Å². The molecule has 0 aromatic carbocycles. The highest BCUT2D eigenvalue weighted by Crippen LogP contribution is 2.26. The van der Waals surface area contributed by atoms with E-state index in [4.69, 9.17) is 9.84 Å². The topological polar surface area (TPSA) is 90.9 Å². The van der Waals surface area contributed by atoms with E-state index in [-0.39, 0.29) is 12.6 Å². The summed E-state index contributed by atoms with van der Waals surface area (Å²) in [6, 6.07) is -0.914. The van der Waals surface area contributed by atoms with Crippen LogP contribution in [0.5, 0.6) is 0 Å². The number of carboxylic acids is 1. The van der Waals surface area contributed by atoms with Gasteiger partial charge in [0.15, 0.2) is 6.04 Å². The smallest absolute Gasteiger partial charge is 0.328 e. The third-order valence-electron chi connectivity index (χ3n) is 4.11. The second-order valence-corrected chi connectivity index (χ2v) is 5.46. The standard InChI is InChI=1S/C13H23N3O4/c1-20-8-10(12(17)18)15-13(19)14-9-5-7-16-6-3-2-4-11(9)16/h9-11H,2-8H2,1H3,(H,17,18)(H2,14,15,19). The molecule has 3 atom stereocenters. The number of aliphatic carboxylic acids is 1. The number of piperidine rings is 1. The summed E-state index contributed by atoms with van der Waals surface area (Å²) in [6.45, 7) is 2.07. The Morgan fingerprint density at radius 3 is 2.85 bits per heavy atom. The largest absolute Gasteiger partial charge is 0.480 e. The highest BCUT2D eigenvalue weighted by Gasteiger charge is 2.36. The monoisotopic (exact) mass is 285 g/mol. The fraction of sp³-hybridized carbons (Fsp3) is 0.846. The summed E-state index contributed by atoms with van der Waals surface area (Å²) < 4.78 is 4.79. The van der Waals surface area contributed by atoms with Crippen LogP contribution in [0.15, 0.2) is 0 Å². The highest BCUT2D eigenvalue weighted by molar-refractivity contribution is 5.82. The summed E-state index contributed by atoms with van der Waals surface area (Å²) >= 11 is 0. The molecule has 2 rings (SSSR count). The Labute approximate surface area is 118 Å². The van der Waals surface area contributed by atoms with Crippen LogP contribution in [-0.2, 0) is 9.53 Å². The van der Waals surface area contributed by atoms with Crippen LogP contribution in [-0.4, -0.2) is 66.9 Å². The minimum absolute atomic E-state index is 0.0387. The first-order valence-electron chi connectivity index (χ1n) is 7.14. The molecule has 0 bridgehead atoms. The second-order valence-electron chi connectivity index (χ2n) is 5.46. The highest BCUT2D eigenvalue weighted by atomic mass is 16.5. The van der Waals surface area contributed by atoms with Gasteiger partial charge in [-0.3, -0.25) is 4.90 Å². The number of hydrogen-bond acceptors (Lipinski definition) is 4. The van der Waals surface area contributed by atoms with E-state index in [1.165, 1.54) is 20.0 Å². The summed E-state index contributed by atoms with van der Waals surface area (Å²) in [5, 5.41) is 14.3. The number of carboxylic acid groups (broad SMARTS) is 1. The molecule has 0 saturated carbocycles. The van der Waals surface area contributed by atoms with Gasteiger partial charge in [-0.25, -0.2) is 9.59 Å². The van der Waals surface area contributed by atoms with Crippen LogP contribution in [0.25, 0.3) is 0 Å². The van der Waals surface area contributed by atoms with Crippen molar-refractivity contribution in [1.29, 1.82) is 0 Å². The molecule has 2 aliphatic rings. The van der Waals surface area contributed by atoms with Gasteiger partial charge in [-0.15, -0.1) is 0 Å². The first-order valence-corrected chi connectivity index (χ1v) is 7.14. The molecule has 0 aromatic rings. The fourth-order valence-electron chi connectivity index (χ4n) is 3.13. The van der Waals surface area contributed by atoms with Crippen LogP contribution < -0.4 is 10.6 Å². The predicted molar refractivity (Wildman–Crippen MR) is 72.6 cm³/mol. The third kappa shape index (κ3) is 3.61. The van der Waals surface area contributed by atoms with E-state index in [0.717, 1.165) is 25.9 Å². The van der Waals surface area contributed by atoms with Crippen molar-refractivity contribution in [1.82, 2.24) is 15.5 Å². The zero-order valence-electron chi connectivity index (χ0n) is 11.8. The molecular weight excluding hydrogens is 262 g/mol. The van der Waals surface area contributed by atoms with Gasteiger partial charge in [-0.2, -0.15) is 0 Å². The zero-order chi connectivity index (χ0) is 14.5. The molecule has 2 heterocycles. The minimum atomic E-state index is -1.09. The van der Waals surface area contributed by atoms with Gasteiger partial charge in [-0.05, 0) is 25.8 Å². The van der Waals surface area contributed by atoms with Gasteiger partial charge in [0.2, 0.25) is 0 Å². The van der Waals surface area contributed by atoms with Crippen molar-refractivity contribution < 1.29 is 19.4 Å². The molecule has 2 fully saturated rings. The van der Waals surface area contributed by atoms with Crippen molar-refractivity contribution >= 4 is 12.0 Å². The van der Waals surface area contributed by atoms with Crippen molar-refractivity contribution in [3.05, 3.63) is 0 Å². The van der Waals surface area contributed by atoms with Crippen molar-refractivity contribution in [2.75, 3.05) is 26.8 Å². The molecule has 0 radical (unpaired) electrons. The van der Waals surface area contributed by atoms with Gasteiger partial charge in [0.25, 0.3) is 0 Å². The molecule has 0 spiro atoms. The number of hydrogen-bond donors (Lipinski definition) is 3. The maximum Gasteiger partial charge on any atom is 0.328 e. The predicted octanol–water partition coefficient (Wildman–Crippen LogP) is 0.0120. The van der Waals surface area contributed by atoms with Gasteiger partial charge in [0.1, 0.15) is 0 Å². The molecule has 2 aliphatic heterocycles. The van der Waals surface area contributed by atoms with Crippen LogP contribution in [0.3, 0.4) is 0 Å². The van der Waals surface area contributed by atoms with Gasteiger partial charge in [0.05, 0.1) is 6.61 Å². The summed E-state index contributed by atoms with van der Waals surface area (Å²) in [4.78, 5) is 25.3. The number of ether oxygens (including phenoxy) is 1. The molecular formula is C13H23N3O4. The number of nitrogens with zero attached hydrogens (tertiary/aromatic N) is 1. The van der Waals surface area contributed by atoms with Crippen LogP contribution >= 0.6 is 0 Å². The lowest BCUT2D eigenvalue weighted by atomic mass is 9.99. The van der Waals surface area contributed by atoms with Crippen molar-refractivity contribution in [3.63, 3.8) is 0 Å². The van der Waals surface area contributed by atoms with E-state index >= 15 is 0 Å². The number of methoxy groups -OCH3 is 1. The average molecular weight is 285 g/mol. The zero-order valence-corrected chi connectivity index (χ0v) is 11.8. The SMILES string of the molecule is COCC(NC(=O)NC1CCN2CCCCC12)C(=O)O. The second kappa shape index (κ2) is 6.90. The summed E-state index contributed by atoms with van der Waals surface area (Å²) in [5.74, 6) is -1.09. The first kappa shape index (κ1) is 15.1. The molecule has 2 amide bonds.